The molecule has 10 nitrogen and oxygen atoms in total. The van der Waals surface area contributed by atoms with Crippen molar-refractivity contribution in [1.82, 2.24) is 0 Å². The first-order valence-electron chi connectivity index (χ1n) is 15.9. The number of para-hydroxylation sites is 6. The van der Waals surface area contributed by atoms with Crippen molar-refractivity contribution in [1.29, 1.82) is 0 Å². The fraction of sp³-hybridized carbons (Fsp3) is 0.0476. The van der Waals surface area contributed by atoms with Crippen LogP contribution in [0.5, 0.6) is 34.5 Å². The number of halogens is 6. The van der Waals surface area contributed by atoms with Crippen LogP contribution in [-0.4, -0.2) is 8.59 Å². The molecule has 0 aliphatic rings. The van der Waals surface area contributed by atoms with Crippen LogP contribution in [0.25, 0.3) is 0 Å². The summed E-state index contributed by atoms with van der Waals surface area (Å²) in [6, 6.07) is 57.0. The Labute approximate surface area is 402 Å². The van der Waals surface area contributed by atoms with Gasteiger partial charge in [-0.3, -0.25) is 0 Å². The van der Waals surface area contributed by atoms with E-state index in [4.69, 9.17) is 115 Å². The minimum Gasteiger partial charge on any atom is -0.409 e. The summed E-state index contributed by atoms with van der Waals surface area (Å²) in [6.07, 6.45) is 0. The molecule has 19 heteroatoms. The smallest absolute Gasteiger partial charge is 0.409 e. The van der Waals surface area contributed by atoms with Crippen LogP contribution >= 0.6 is 86.8 Å². The molecule has 0 radical (unpaired) electrons. The van der Waals surface area contributed by atoms with Gasteiger partial charge in [-0.05, 0) is 72.8 Å². The van der Waals surface area contributed by atoms with Crippen LogP contribution in [0, 0.1) is 26.6 Å². The van der Waals surface area contributed by atoms with Crippen molar-refractivity contribution in [2.24, 2.45) is 0 Å². The van der Waals surface area contributed by atoms with Crippen molar-refractivity contribution in [2.45, 2.75) is 8.59 Å². The fourth-order valence-electron chi connectivity index (χ4n) is 3.52. The molecule has 0 bridgehead atoms. The van der Waals surface area contributed by atoms with Crippen LogP contribution in [0.3, 0.4) is 0 Å². The van der Waals surface area contributed by atoms with Gasteiger partial charge < -0.3 is 27.1 Å². The van der Waals surface area contributed by atoms with Crippen molar-refractivity contribution in [3.63, 3.8) is 0 Å². The molecule has 0 aliphatic heterocycles. The molecule has 0 unspecified atom stereocenters. The van der Waals surface area contributed by atoms with Gasteiger partial charge >= 0.3 is 62.4 Å². The molecule has 6 aromatic rings. The summed E-state index contributed by atoms with van der Waals surface area (Å²) < 4.78 is 63.6. The predicted octanol–water partition coefficient (Wildman–Crippen LogP) is 14.7. The second-order valence-corrected chi connectivity index (χ2v) is 15.3. The Morgan fingerprint density at radius 1 is 0.279 bits per heavy atom. The van der Waals surface area contributed by atoms with Gasteiger partial charge in [-0.2, -0.15) is 0 Å². The Hall–Kier alpha value is -3.63. The zero-order chi connectivity index (χ0) is 45.2. The van der Waals surface area contributed by atoms with E-state index in [1.165, 1.54) is 0 Å². The van der Waals surface area contributed by atoms with Gasteiger partial charge in [-0.15, -0.1) is 0 Å². The molecule has 0 saturated heterocycles. The first-order valence-corrected chi connectivity index (χ1v) is 20.7. The topological polar surface area (TPSA) is 135 Å². The Morgan fingerprint density at radius 3 is 0.475 bits per heavy atom. The summed E-state index contributed by atoms with van der Waals surface area (Å²) in [6.45, 7) is 18.0. The summed E-state index contributed by atoms with van der Waals surface area (Å²) in [5, 5.41) is 0. The maximum absolute atomic E-state index is 7.50. The van der Waals surface area contributed by atoms with Crippen molar-refractivity contribution < 1.29 is 66.8 Å². The molecular formula is C42H32Cl6O10P2W. The minimum absolute atomic E-state index is 0. The van der Waals surface area contributed by atoms with Crippen LogP contribution < -0.4 is 27.1 Å². The van der Waals surface area contributed by atoms with Crippen LogP contribution in [0.1, 0.15) is 0 Å². The summed E-state index contributed by atoms with van der Waals surface area (Å²) in [5.41, 5.74) is 0. The first kappa shape index (κ1) is 61.7. The predicted molar refractivity (Wildman–Crippen MR) is 235 cm³/mol. The van der Waals surface area contributed by atoms with E-state index in [2.05, 4.69) is 26.6 Å². The number of alkyl halides is 6. The zero-order valence-electron chi connectivity index (χ0n) is 31.1. The fourth-order valence-corrected chi connectivity index (χ4v) is 5.50. The van der Waals surface area contributed by atoms with E-state index in [1.54, 1.807) is 0 Å². The molecule has 0 atom stereocenters. The molecule has 6 aromatic carbocycles. The molecule has 61 heavy (non-hydrogen) atoms. The number of hydrogen-bond acceptors (Lipinski definition) is 6. The molecule has 0 fully saturated rings. The normalized spacial score (nSPS) is 8.69. The molecule has 0 aromatic heterocycles. The van der Waals surface area contributed by atoms with E-state index < -0.39 is 25.8 Å². The van der Waals surface area contributed by atoms with E-state index in [-0.39, 0.29) is 21.1 Å². The van der Waals surface area contributed by atoms with E-state index in [0.29, 0.717) is 34.5 Å². The van der Waals surface area contributed by atoms with Crippen LogP contribution in [0.15, 0.2) is 182 Å². The largest absolute Gasteiger partial charge is 0.530 e. The number of hydrogen-bond donors (Lipinski definition) is 0. The molecule has 0 heterocycles. The summed E-state index contributed by atoms with van der Waals surface area (Å²) in [4.78, 5) is 0. The van der Waals surface area contributed by atoms with Gasteiger partial charge in [0.15, 0.2) is 8.59 Å². The van der Waals surface area contributed by atoms with E-state index >= 15 is 0 Å². The van der Waals surface area contributed by atoms with Gasteiger partial charge in [0.05, 0.1) is 0 Å². The first-order chi connectivity index (χ1) is 29.3. The second-order valence-electron chi connectivity index (χ2n) is 9.37. The zero-order valence-corrected chi connectivity index (χ0v) is 40.4. The van der Waals surface area contributed by atoms with E-state index in [9.17, 15) is 0 Å². The van der Waals surface area contributed by atoms with Crippen molar-refractivity contribution in [3.8, 4) is 34.5 Å². The van der Waals surface area contributed by atoms with Gasteiger partial charge in [0.25, 0.3) is 0 Å². The Bertz CT molecular complexity index is 1570. The molecule has 0 amide bonds. The Morgan fingerprint density at radius 2 is 0.377 bits per heavy atom. The molecule has 0 spiro atoms. The SMILES string of the molecule is ClC(Cl)Cl.ClC(Cl)Cl.[C-]#[O+].[C-]#[O+].[C-]#[O+].[C-]#[O+].[W].c1ccc(OP(Oc2ccccc2)Oc2ccccc2)cc1.c1ccc(OP(Oc2ccccc2)Oc2ccccc2)cc1. The monoisotopic (exact) mass is 1150 g/mol. The molecule has 0 aliphatic carbocycles. The van der Waals surface area contributed by atoms with Gasteiger partial charge in [0, 0.05) is 21.1 Å². The van der Waals surface area contributed by atoms with Gasteiger partial charge in [-0.1, -0.05) is 179 Å². The van der Waals surface area contributed by atoms with Crippen LogP contribution in [0.4, 0.5) is 0 Å². The molecule has 6 rings (SSSR count). The molecule has 318 valence electrons. The summed E-state index contributed by atoms with van der Waals surface area (Å²) in [5.74, 6) is 4.25. The van der Waals surface area contributed by atoms with Gasteiger partial charge in [0.2, 0.25) is 0 Å². The molecule has 0 N–H and O–H groups in total. The second kappa shape index (κ2) is 44.4. The maximum atomic E-state index is 7.50. The number of benzene rings is 6. The average molecular weight is 1160 g/mol. The Kier molecular flexibility index (Phi) is 44.9. The standard InChI is InChI=1S/2C18H15O3P.2CHCl3.4CO.W/c2*1-4-10-16(11-5-1)19-22(20-17-12-6-2-7-13-17)21-18-14-8-3-9-15-18;2*2-1(3)4;4*1-2;/h2*1-15H;2*1H;;;;;. The van der Waals surface area contributed by atoms with Crippen molar-refractivity contribution >= 4 is 86.8 Å². The third-order valence-electron chi connectivity index (χ3n) is 5.54. The number of rotatable bonds is 12. The Balaban J connectivity index is -0.000000814. The van der Waals surface area contributed by atoms with Gasteiger partial charge in [0.1, 0.15) is 34.5 Å². The summed E-state index contributed by atoms with van der Waals surface area (Å²) in [7, 11) is -3.18. The maximum Gasteiger partial charge on any atom is 0.530 e. The van der Waals surface area contributed by atoms with E-state index in [1.807, 2.05) is 182 Å². The van der Waals surface area contributed by atoms with Crippen LogP contribution in [-0.2, 0) is 39.7 Å². The summed E-state index contributed by atoms with van der Waals surface area (Å²) >= 11 is 28.8. The molecule has 0 saturated carbocycles. The quantitative estimate of drug-likeness (QED) is 0.0518. The van der Waals surface area contributed by atoms with E-state index in [0.717, 1.165) is 0 Å². The van der Waals surface area contributed by atoms with Gasteiger partial charge in [-0.25, -0.2) is 0 Å². The van der Waals surface area contributed by atoms with Crippen molar-refractivity contribution in [3.05, 3.63) is 209 Å². The van der Waals surface area contributed by atoms with Crippen molar-refractivity contribution in [2.75, 3.05) is 0 Å². The molecular weight excluding hydrogens is 1120 g/mol. The van der Waals surface area contributed by atoms with Crippen LogP contribution in [0.2, 0.25) is 0 Å². The third-order valence-corrected chi connectivity index (χ3v) is 7.70. The average Bonchev–Trinajstić information content (AvgIpc) is 3.28. The minimum atomic E-state index is -1.59. The third kappa shape index (κ3) is 35.6.